The summed E-state index contributed by atoms with van der Waals surface area (Å²) >= 11 is 0. The van der Waals surface area contributed by atoms with E-state index in [0.29, 0.717) is 0 Å². The smallest absolute Gasteiger partial charge is 0.353 e. The first kappa shape index (κ1) is 9.17. The van der Waals surface area contributed by atoms with E-state index in [2.05, 4.69) is 14.9 Å². The molecule has 0 saturated heterocycles. The van der Waals surface area contributed by atoms with Crippen LogP contribution in [0.3, 0.4) is 0 Å². The Hall–Kier alpha value is -1.92. The molecule has 7 heteroatoms. The van der Waals surface area contributed by atoms with Crippen LogP contribution in [0.2, 0.25) is 0 Å². The molecule has 1 rings (SSSR count). The molecule has 0 spiro atoms. The number of ether oxygens (including phenoxy) is 1. The number of nitro groups is 1. The lowest BCUT2D eigenvalue weighted by Crippen LogP contribution is -2.03. The molecule has 0 bridgehead atoms. The molecule has 0 atom stereocenters. The Bertz CT molecular complexity index is 357. The first-order chi connectivity index (χ1) is 6.02. The number of H-pyrrole nitrogens is 1. The molecule has 0 aromatic carbocycles. The van der Waals surface area contributed by atoms with Gasteiger partial charge in [0, 0.05) is 6.92 Å². The van der Waals surface area contributed by atoms with E-state index < -0.39 is 10.9 Å². The van der Waals surface area contributed by atoms with Crippen molar-refractivity contribution in [2.75, 3.05) is 0 Å². The number of hydrogen-bond acceptors (Lipinski definition) is 5. The first-order valence-electron chi connectivity index (χ1n) is 3.40. The van der Waals surface area contributed by atoms with Crippen LogP contribution in [0.25, 0.3) is 0 Å². The summed E-state index contributed by atoms with van der Waals surface area (Å²) in [6.07, 6.45) is 0. The molecule has 0 saturated carbocycles. The summed E-state index contributed by atoms with van der Waals surface area (Å²) in [6, 6.07) is 0. The van der Waals surface area contributed by atoms with Crippen molar-refractivity contribution in [2.24, 2.45) is 0 Å². The minimum Gasteiger partial charge on any atom is -0.400 e. The number of carbonyl (C=O) groups excluding carboxylic acids is 1. The molecule has 0 aliphatic rings. The average molecular weight is 185 g/mol. The van der Waals surface area contributed by atoms with Crippen LogP contribution in [0, 0.1) is 17.0 Å². The lowest BCUT2D eigenvalue weighted by molar-refractivity contribution is -0.386. The van der Waals surface area contributed by atoms with E-state index in [0.717, 1.165) is 6.92 Å². The van der Waals surface area contributed by atoms with Gasteiger partial charge in [-0.2, -0.15) is 0 Å². The molecule has 0 aliphatic heterocycles. The molecular weight excluding hydrogens is 178 g/mol. The minimum absolute atomic E-state index is 0.251. The molecule has 0 amide bonds. The normalized spacial score (nSPS) is 9.69. The number of rotatable bonds is 2. The Balaban J connectivity index is 3.07. The van der Waals surface area contributed by atoms with Crippen LogP contribution in [0.5, 0.6) is 5.88 Å². The fourth-order valence-electron chi connectivity index (χ4n) is 0.823. The Kier molecular flexibility index (Phi) is 2.27. The summed E-state index contributed by atoms with van der Waals surface area (Å²) in [7, 11) is 0. The highest BCUT2D eigenvalue weighted by Crippen LogP contribution is 2.26. The van der Waals surface area contributed by atoms with Gasteiger partial charge in [-0.25, -0.2) is 0 Å². The van der Waals surface area contributed by atoms with Crippen molar-refractivity contribution in [1.29, 1.82) is 0 Å². The number of aryl methyl sites for hydroxylation is 1. The third-order valence-electron chi connectivity index (χ3n) is 1.31. The van der Waals surface area contributed by atoms with Gasteiger partial charge in [0.15, 0.2) is 0 Å². The summed E-state index contributed by atoms with van der Waals surface area (Å²) in [5.74, 6) is -0.940. The molecule has 0 fully saturated rings. The molecule has 7 nitrogen and oxygen atoms in total. The average Bonchev–Trinajstić information content (AvgIpc) is 2.30. The fraction of sp³-hybridized carbons (Fsp3) is 0.333. The van der Waals surface area contributed by atoms with Gasteiger partial charge in [0.1, 0.15) is 5.69 Å². The standard InChI is InChI=1S/C6H7N3O4/c1-3-5(9(11)12)6(8-7-3)13-4(2)10/h1-2H3,(H,7,8). The van der Waals surface area contributed by atoms with Crippen molar-refractivity contribution in [2.45, 2.75) is 13.8 Å². The molecule has 13 heavy (non-hydrogen) atoms. The number of esters is 1. The number of aromatic nitrogens is 2. The molecule has 0 radical (unpaired) electrons. The Morgan fingerprint density at radius 1 is 1.69 bits per heavy atom. The number of carbonyl (C=O) groups is 1. The maximum absolute atomic E-state index is 10.5. The first-order valence-corrected chi connectivity index (χ1v) is 3.40. The second-order valence-corrected chi connectivity index (χ2v) is 2.35. The van der Waals surface area contributed by atoms with E-state index in [9.17, 15) is 14.9 Å². The van der Waals surface area contributed by atoms with Crippen LogP contribution < -0.4 is 4.74 Å². The molecule has 1 heterocycles. The summed E-state index contributed by atoms with van der Waals surface area (Å²) in [6.45, 7) is 2.62. The molecular formula is C6H7N3O4. The van der Waals surface area contributed by atoms with Crippen molar-refractivity contribution < 1.29 is 14.5 Å². The molecule has 0 aliphatic carbocycles. The molecule has 1 N–H and O–H groups in total. The molecule has 1 aromatic rings. The van der Waals surface area contributed by atoms with E-state index in [1.165, 1.54) is 6.92 Å². The van der Waals surface area contributed by atoms with Gasteiger partial charge < -0.3 is 4.74 Å². The molecule has 1 aromatic heterocycles. The van der Waals surface area contributed by atoms with E-state index >= 15 is 0 Å². The topological polar surface area (TPSA) is 98.1 Å². The molecule has 70 valence electrons. The van der Waals surface area contributed by atoms with Crippen LogP contribution in [0.4, 0.5) is 5.69 Å². The zero-order valence-electron chi connectivity index (χ0n) is 7.03. The zero-order chi connectivity index (χ0) is 10.0. The summed E-state index contributed by atoms with van der Waals surface area (Å²) in [5, 5.41) is 16.3. The summed E-state index contributed by atoms with van der Waals surface area (Å²) in [4.78, 5) is 20.3. The van der Waals surface area contributed by atoms with Gasteiger partial charge >= 0.3 is 17.5 Å². The lowest BCUT2D eigenvalue weighted by atomic mass is 10.4. The number of aromatic amines is 1. The Labute approximate surface area is 72.9 Å². The van der Waals surface area contributed by atoms with Crippen molar-refractivity contribution in [3.05, 3.63) is 15.8 Å². The Morgan fingerprint density at radius 2 is 2.31 bits per heavy atom. The van der Waals surface area contributed by atoms with Crippen LogP contribution >= 0.6 is 0 Å². The SMILES string of the molecule is CC(=O)Oc1n[nH]c(C)c1[N+](=O)[O-]. The van der Waals surface area contributed by atoms with Crippen molar-refractivity contribution in [1.82, 2.24) is 10.2 Å². The largest absolute Gasteiger partial charge is 0.400 e. The van der Waals surface area contributed by atoms with Crippen molar-refractivity contribution in [3.63, 3.8) is 0 Å². The molecule has 0 unspecified atom stereocenters. The van der Waals surface area contributed by atoms with Gasteiger partial charge in [0.2, 0.25) is 0 Å². The van der Waals surface area contributed by atoms with Gasteiger partial charge in [0.25, 0.3) is 0 Å². The lowest BCUT2D eigenvalue weighted by Gasteiger charge is -1.93. The zero-order valence-corrected chi connectivity index (χ0v) is 7.03. The van der Waals surface area contributed by atoms with Crippen molar-refractivity contribution in [3.8, 4) is 5.88 Å². The minimum atomic E-state index is -0.656. The van der Waals surface area contributed by atoms with Crippen molar-refractivity contribution >= 4 is 11.7 Å². The summed E-state index contributed by atoms with van der Waals surface area (Å²) < 4.78 is 4.50. The third kappa shape index (κ3) is 1.81. The predicted molar refractivity (Wildman–Crippen MR) is 41.3 cm³/mol. The van der Waals surface area contributed by atoms with E-state index in [-0.39, 0.29) is 17.3 Å². The predicted octanol–water partition coefficient (Wildman–Crippen LogP) is 0.552. The highest BCUT2D eigenvalue weighted by Gasteiger charge is 2.23. The van der Waals surface area contributed by atoms with Gasteiger partial charge in [-0.1, -0.05) is 0 Å². The maximum Gasteiger partial charge on any atom is 0.353 e. The van der Waals surface area contributed by atoms with Crippen LogP contribution in [0.1, 0.15) is 12.6 Å². The van der Waals surface area contributed by atoms with Crippen LogP contribution in [-0.2, 0) is 4.79 Å². The fourth-order valence-corrected chi connectivity index (χ4v) is 0.823. The maximum atomic E-state index is 10.5. The second-order valence-electron chi connectivity index (χ2n) is 2.35. The van der Waals surface area contributed by atoms with Crippen LogP contribution in [0.15, 0.2) is 0 Å². The van der Waals surface area contributed by atoms with E-state index in [4.69, 9.17) is 0 Å². The van der Waals surface area contributed by atoms with Gasteiger partial charge in [-0.3, -0.25) is 20.0 Å². The Morgan fingerprint density at radius 3 is 2.77 bits per heavy atom. The number of nitrogens with zero attached hydrogens (tertiary/aromatic N) is 2. The number of nitrogens with one attached hydrogen (secondary N) is 1. The van der Waals surface area contributed by atoms with E-state index in [1.54, 1.807) is 0 Å². The van der Waals surface area contributed by atoms with Gasteiger partial charge in [0.05, 0.1) is 4.92 Å². The highest BCUT2D eigenvalue weighted by atomic mass is 16.6. The van der Waals surface area contributed by atoms with Gasteiger partial charge in [-0.05, 0) is 6.92 Å². The van der Waals surface area contributed by atoms with Gasteiger partial charge in [-0.15, -0.1) is 5.10 Å². The van der Waals surface area contributed by atoms with Crippen LogP contribution in [-0.4, -0.2) is 21.1 Å². The van der Waals surface area contributed by atoms with E-state index in [1.807, 2.05) is 0 Å². The number of hydrogen-bond donors (Lipinski definition) is 1. The quantitative estimate of drug-likeness (QED) is 0.412. The highest BCUT2D eigenvalue weighted by molar-refractivity contribution is 5.70. The summed E-state index contributed by atoms with van der Waals surface area (Å²) in [5.41, 5.74) is -0.0588. The third-order valence-corrected chi connectivity index (χ3v) is 1.31. The monoisotopic (exact) mass is 185 g/mol. The second kappa shape index (κ2) is 3.21.